The van der Waals surface area contributed by atoms with Gasteiger partial charge in [-0.1, -0.05) is 0 Å². The fraction of sp³-hybridized carbons (Fsp3) is 0.375. The summed E-state index contributed by atoms with van der Waals surface area (Å²) in [6.07, 6.45) is 3.40. The van der Waals surface area contributed by atoms with Gasteiger partial charge in [-0.25, -0.2) is 0 Å². The van der Waals surface area contributed by atoms with Crippen LogP contribution in [0, 0.1) is 0 Å². The van der Waals surface area contributed by atoms with Gasteiger partial charge >= 0.3 is 0 Å². The van der Waals surface area contributed by atoms with Gasteiger partial charge in [-0.3, -0.25) is 4.98 Å². The van der Waals surface area contributed by atoms with E-state index in [1.165, 1.54) is 6.20 Å². The summed E-state index contributed by atoms with van der Waals surface area (Å²) in [4.78, 5) is 3.78. The molecule has 0 amide bonds. The van der Waals surface area contributed by atoms with Crippen molar-refractivity contribution >= 4 is 0 Å². The molecule has 0 aliphatic rings. The van der Waals surface area contributed by atoms with Gasteiger partial charge in [0.05, 0.1) is 6.20 Å². The maximum Gasteiger partial charge on any atom is 0.134 e. The normalized spacial score (nSPS) is 12.8. The second kappa shape index (κ2) is 4.04. The number of aromatic hydroxyl groups is 1. The Bertz CT molecular complexity index is 253. The highest BCUT2D eigenvalue weighted by Gasteiger charge is 2.05. The fourth-order valence-corrected chi connectivity index (χ4v) is 0.954. The number of nitrogens with zero attached hydrogens (tertiary/aromatic N) is 1. The molecule has 0 fully saturated rings. The zero-order valence-electron chi connectivity index (χ0n) is 6.64. The van der Waals surface area contributed by atoms with Crippen molar-refractivity contribution in [3.05, 3.63) is 24.0 Å². The van der Waals surface area contributed by atoms with Crippen molar-refractivity contribution in [1.82, 2.24) is 4.98 Å². The van der Waals surface area contributed by atoms with Crippen LogP contribution in [0.5, 0.6) is 5.75 Å². The lowest BCUT2D eigenvalue weighted by Gasteiger charge is -2.09. The van der Waals surface area contributed by atoms with E-state index in [1.807, 2.05) is 0 Å². The molecule has 0 saturated carbocycles. The summed E-state index contributed by atoms with van der Waals surface area (Å²) in [5.74, 6) is 0.0980. The summed E-state index contributed by atoms with van der Waals surface area (Å²) in [7, 11) is 0. The first kappa shape index (κ1) is 8.96. The molecule has 1 aromatic rings. The largest absolute Gasteiger partial charge is 0.506 e. The van der Waals surface area contributed by atoms with Crippen LogP contribution in [0.3, 0.4) is 0 Å². The molecule has 0 aliphatic carbocycles. The van der Waals surface area contributed by atoms with E-state index in [2.05, 4.69) is 4.98 Å². The minimum Gasteiger partial charge on any atom is -0.506 e. The maximum atomic E-state index is 9.05. The first-order valence-electron chi connectivity index (χ1n) is 3.74. The Morgan fingerprint density at radius 3 is 2.83 bits per heavy atom. The van der Waals surface area contributed by atoms with Crippen molar-refractivity contribution in [3.63, 3.8) is 0 Å². The number of aliphatic hydroxyl groups is 1. The highest BCUT2D eigenvalue weighted by atomic mass is 16.3. The van der Waals surface area contributed by atoms with Crippen molar-refractivity contribution in [2.45, 2.75) is 12.5 Å². The van der Waals surface area contributed by atoms with Gasteiger partial charge in [-0.05, 0) is 18.1 Å². The van der Waals surface area contributed by atoms with Crippen LogP contribution in [0.1, 0.15) is 18.0 Å². The lowest BCUT2D eigenvalue weighted by molar-refractivity contribution is 0.276. The number of nitrogens with two attached hydrogens (primary N) is 1. The third-order valence-corrected chi connectivity index (χ3v) is 1.61. The molecule has 0 spiro atoms. The van der Waals surface area contributed by atoms with Gasteiger partial charge in [0, 0.05) is 18.8 Å². The van der Waals surface area contributed by atoms with Crippen molar-refractivity contribution in [2.24, 2.45) is 5.73 Å². The number of hydrogen-bond donors (Lipinski definition) is 3. The Morgan fingerprint density at radius 1 is 1.50 bits per heavy atom. The number of aliphatic hydroxyl groups excluding tert-OH is 1. The quantitative estimate of drug-likeness (QED) is 0.601. The molecule has 4 N–H and O–H groups in total. The van der Waals surface area contributed by atoms with E-state index in [-0.39, 0.29) is 18.4 Å². The summed E-state index contributed by atoms with van der Waals surface area (Å²) in [5, 5.41) is 17.7. The molecule has 0 saturated heterocycles. The molecule has 0 unspecified atom stereocenters. The molecule has 4 heteroatoms. The predicted octanol–water partition coefficient (Wildman–Crippen LogP) is 0.169. The predicted molar refractivity (Wildman–Crippen MR) is 44.5 cm³/mol. The lowest BCUT2D eigenvalue weighted by Crippen LogP contribution is -2.11. The Hall–Kier alpha value is -1.13. The Balaban J connectivity index is 2.73. The summed E-state index contributed by atoms with van der Waals surface area (Å²) < 4.78 is 0. The monoisotopic (exact) mass is 168 g/mol. The Morgan fingerprint density at radius 2 is 2.25 bits per heavy atom. The van der Waals surface area contributed by atoms with E-state index in [9.17, 15) is 0 Å². The number of aromatic nitrogens is 1. The number of rotatable bonds is 3. The van der Waals surface area contributed by atoms with E-state index in [0.29, 0.717) is 6.42 Å². The average molecular weight is 168 g/mol. The summed E-state index contributed by atoms with van der Waals surface area (Å²) in [6.45, 7) is 0.0385. The molecule has 66 valence electrons. The van der Waals surface area contributed by atoms with Crippen LogP contribution in [0.2, 0.25) is 0 Å². The molecular formula is C8H12N2O2. The van der Waals surface area contributed by atoms with Crippen LogP contribution in [-0.4, -0.2) is 21.8 Å². The summed E-state index contributed by atoms with van der Waals surface area (Å²) in [5.41, 5.74) is 6.40. The zero-order chi connectivity index (χ0) is 8.97. The van der Waals surface area contributed by atoms with E-state index in [4.69, 9.17) is 15.9 Å². The molecule has 0 aliphatic heterocycles. The van der Waals surface area contributed by atoms with Crippen LogP contribution in [0.15, 0.2) is 18.5 Å². The fourth-order valence-electron chi connectivity index (χ4n) is 0.954. The highest BCUT2D eigenvalue weighted by Crippen LogP contribution is 2.16. The standard InChI is InChI=1S/C8H12N2O2/c9-8(1-2-11)6-3-7(12)5-10-4-6/h3-5,8,11-12H,1-2,9H2/t8-/m0/s1. The molecule has 0 bridgehead atoms. The Labute approximate surface area is 70.7 Å². The highest BCUT2D eigenvalue weighted by molar-refractivity contribution is 5.24. The van der Waals surface area contributed by atoms with Crippen LogP contribution < -0.4 is 5.73 Å². The summed E-state index contributed by atoms with van der Waals surface area (Å²) >= 11 is 0. The van der Waals surface area contributed by atoms with Gasteiger partial charge in [-0.2, -0.15) is 0 Å². The van der Waals surface area contributed by atoms with Crippen LogP contribution in [0.4, 0.5) is 0 Å². The maximum absolute atomic E-state index is 9.05. The third-order valence-electron chi connectivity index (χ3n) is 1.61. The number of pyridine rings is 1. The van der Waals surface area contributed by atoms with E-state index >= 15 is 0 Å². The minimum atomic E-state index is -0.255. The molecule has 4 nitrogen and oxygen atoms in total. The van der Waals surface area contributed by atoms with Gasteiger partial charge in [-0.15, -0.1) is 0 Å². The first-order chi connectivity index (χ1) is 5.74. The van der Waals surface area contributed by atoms with Crippen molar-refractivity contribution in [3.8, 4) is 5.75 Å². The SMILES string of the molecule is N[C@@H](CCO)c1cncc(O)c1. The molecule has 12 heavy (non-hydrogen) atoms. The van der Waals surface area contributed by atoms with Crippen LogP contribution in [-0.2, 0) is 0 Å². The van der Waals surface area contributed by atoms with Crippen LogP contribution in [0.25, 0.3) is 0 Å². The van der Waals surface area contributed by atoms with E-state index in [0.717, 1.165) is 5.56 Å². The van der Waals surface area contributed by atoms with Gasteiger partial charge < -0.3 is 15.9 Å². The van der Waals surface area contributed by atoms with Gasteiger partial charge in [0.2, 0.25) is 0 Å². The molecule has 0 aromatic carbocycles. The second-order valence-electron chi connectivity index (χ2n) is 2.60. The third kappa shape index (κ3) is 2.18. The summed E-state index contributed by atoms with van der Waals surface area (Å²) in [6, 6.07) is 1.29. The molecule has 0 radical (unpaired) electrons. The van der Waals surface area contributed by atoms with Crippen LogP contribution >= 0.6 is 0 Å². The second-order valence-corrected chi connectivity index (χ2v) is 2.60. The Kier molecular flexibility index (Phi) is 3.01. The van der Waals surface area contributed by atoms with Gasteiger partial charge in [0.25, 0.3) is 0 Å². The number of hydrogen-bond acceptors (Lipinski definition) is 4. The van der Waals surface area contributed by atoms with E-state index < -0.39 is 0 Å². The van der Waals surface area contributed by atoms with Crippen molar-refractivity contribution < 1.29 is 10.2 Å². The van der Waals surface area contributed by atoms with Gasteiger partial charge in [0.15, 0.2) is 0 Å². The molecule has 1 atom stereocenters. The average Bonchev–Trinajstić information content (AvgIpc) is 2.05. The smallest absolute Gasteiger partial charge is 0.134 e. The zero-order valence-corrected chi connectivity index (χ0v) is 6.64. The molecule has 1 heterocycles. The lowest BCUT2D eigenvalue weighted by atomic mass is 10.1. The molecule has 1 rings (SSSR count). The minimum absolute atomic E-state index is 0.0385. The first-order valence-corrected chi connectivity index (χ1v) is 3.74. The molecule has 1 aromatic heterocycles. The van der Waals surface area contributed by atoms with Crippen molar-refractivity contribution in [2.75, 3.05) is 6.61 Å². The van der Waals surface area contributed by atoms with Gasteiger partial charge in [0.1, 0.15) is 5.75 Å². The molecular weight excluding hydrogens is 156 g/mol. The topological polar surface area (TPSA) is 79.4 Å². The van der Waals surface area contributed by atoms with E-state index in [1.54, 1.807) is 12.3 Å². The van der Waals surface area contributed by atoms with Crippen molar-refractivity contribution in [1.29, 1.82) is 0 Å².